The van der Waals surface area contributed by atoms with Gasteiger partial charge in [-0.25, -0.2) is 0 Å². The second kappa shape index (κ2) is 5.32. The van der Waals surface area contributed by atoms with E-state index in [0.29, 0.717) is 5.56 Å². The number of benzene rings is 2. The molecule has 0 saturated heterocycles. The Labute approximate surface area is 122 Å². The minimum atomic E-state index is 0.106. The number of fused-ring (bicyclic) bond motifs is 1. The molecule has 4 heteroatoms. The third kappa shape index (κ3) is 2.60. The van der Waals surface area contributed by atoms with Crippen LogP contribution in [0.25, 0.3) is 10.9 Å². The van der Waals surface area contributed by atoms with E-state index in [1.54, 1.807) is 13.3 Å². The molecule has 2 aromatic carbocycles. The molecule has 1 aromatic heterocycles. The number of hydrogen-bond donors (Lipinski definition) is 2. The van der Waals surface area contributed by atoms with Crippen molar-refractivity contribution in [2.75, 3.05) is 7.11 Å². The van der Waals surface area contributed by atoms with Crippen LogP contribution in [-0.4, -0.2) is 23.4 Å². The number of H-pyrrole nitrogens is 1. The summed E-state index contributed by atoms with van der Waals surface area (Å²) in [5, 5.41) is 10.9. The van der Waals surface area contributed by atoms with Gasteiger partial charge in [0.05, 0.1) is 18.4 Å². The molecule has 0 amide bonds. The summed E-state index contributed by atoms with van der Waals surface area (Å²) in [6.07, 6.45) is 1.67. The lowest BCUT2D eigenvalue weighted by Gasteiger charge is -1.99. The normalized spacial score (nSPS) is 11.3. The quantitative estimate of drug-likeness (QED) is 0.714. The first-order chi connectivity index (χ1) is 10.2. The minimum Gasteiger partial charge on any atom is -0.497 e. The first-order valence-electron chi connectivity index (χ1n) is 6.67. The average molecular weight is 280 g/mol. The predicted molar refractivity (Wildman–Crippen MR) is 84.9 cm³/mol. The van der Waals surface area contributed by atoms with Crippen molar-refractivity contribution in [3.63, 3.8) is 0 Å². The van der Waals surface area contributed by atoms with Crippen LogP contribution in [0, 0.1) is 6.92 Å². The zero-order valence-electron chi connectivity index (χ0n) is 11.9. The summed E-state index contributed by atoms with van der Waals surface area (Å²) < 4.78 is 5.23. The monoisotopic (exact) mass is 280 g/mol. The number of aryl methyl sites for hydroxylation is 1. The van der Waals surface area contributed by atoms with Crippen molar-refractivity contribution in [2.45, 2.75) is 6.92 Å². The number of aromatic amines is 1. The lowest BCUT2D eigenvalue weighted by molar-refractivity contribution is 0.415. The number of nitrogens with zero attached hydrogens (tertiary/aromatic N) is 1. The Kier molecular flexibility index (Phi) is 3.36. The molecule has 1 heterocycles. The fourth-order valence-electron chi connectivity index (χ4n) is 2.28. The van der Waals surface area contributed by atoms with Crippen molar-refractivity contribution in [2.24, 2.45) is 4.99 Å². The molecule has 0 aliphatic heterocycles. The smallest absolute Gasteiger partial charge is 0.198 e. The molecule has 4 nitrogen and oxygen atoms in total. The molecule has 0 aliphatic rings. The molecular weight excluding hydrogens is 264 g/mol. The fraction of sp³-hybridized carbons (Fsp3) is 0.118. The minimum absolute atomic E-state index is 0.106. The number of methoxy groups -OCH3 is 1. The highest BCUT2D eigenvalue weighted by Crippen LogP contribution is 2.29. The Bertz CT molecular complexity index is 819. The van der Waals surface area contributed by atoms with Gasteiger partial charge in [-0.1, -0.05) is 12.1 Å². The van der Waals surface area contributed by atoms with Crippen molar-refractivity contribution in [1.29, 1.82) is 0 Å². The number of rotatable bonds is 3. The molecule has 3 rings (SSSR count). The van der Waals surface area contributed by atoms with E-state index in [1.165, 1.54) is 0 Å². The molecule has 0 radical (unpaired) electrons. The first-order valence-corrected chi connectivity index (χ1v) is 6.67. The Morgan fingerprint density at radius 2 is 2.05 bits per heavy atom. The van der Waals surface area contributed by atoms with Gasteiger partial charge in [0.15, 0.2) is 5.88 Å². The van der Waals surface area contributed by atoms with Crippen LogP contribution >= 0.6 is 0 Å². The summed E-state index contributed by atoms with van der Waals surface area (Å²) in [6.45, 7) is 2.02. The molecule has 0 saturated carbocycles. The highest BCUT2D eigenvalue weighted by Gasteiger charge is 2.09. The Morgan fingerprint density at radius 3 is 2.81 bits per heavy atom. The first kappa shape index (κ1) is 13.2. The summed E-state index contributed by atoms with van der Waals surface area (Å²) in [5.41, 5.74) is 3.51. The molecule has 0 aliphatic carbocycles. The largest absolute Gasteiger partial charge is 0.497 e. The molecule has 3 aromatic rings. The molecule has 0 atom stereocenters. The summed E-state index contributed by atoms with van der Waals surface area (Å²) >= 11 is 0. The second-order valence-electron chi connectivity index (χ2n) is 4.90. The van der Waals surface area contributed by atoms with Gasteiger partial charge in [-0.2, -0.15) is 0 Å². The van der Waals surface area contributed by atoms with E-state index in [2.05, 4.69) is 9.98 Å². The van der Waals surface area contributed by atoms with Crippen molar-refractivity contribution < 1.29 is 9.84 Å². The Hall–Kier alpha value is -2.75. The SMILES string of the molecule is COc1ccc2[nH]c(O)c(C=Nc3cccc(C)c3)c2c1. The van der Waals surface area contributed by atoms with Crippen LogP contribution in [-0.2, 0) is 0 Å². The van der Waals surface area contributed by atoms with E-state index in [4.69, 9.17) is 4.74 Å². The van der Waals surface area contributed by atoms with E-state index < -0.39 is 0 Å². The van der Waals surface area contributed by atoms with E-state index in [1.807, 2.05) is 49.4 Å². The summed E-state index contributed by atoms with van der Waals surface area (Å²) in [5.74, 6) is 0.848. The van der Waals surface area contributed by atoms with Gasteiger partial charge in [0, 0.05) is 17.1 Å². The molecule has 0 unspecified atom stereocenters. The average Bonchev–Trinajstić information content (AvgIpc) is 2.79. The zero-order valence-corrected chi connectivity index (χ0v) is 11.9. The van der Waals surface area contributed by atoms with E-state index in [9.17, 15) is 5.11 Å². The van der Waals surface area contributed by atoms with Crippen LogP contribution in [0.15, 0.2) is 47.5 Å². The molecule has 0 bridgehead atoms. The molecule has 21 heavy (non-hydrogen) atoms. The van der Waals surface area contributed by atoms with Crippen molar-refractivity contribution in [3.05, 3.63) is 53.6 Å². The van der Waals surface area contributed by atoms with Gasteiger partial charge in [0.25, 0.3) is 0 Å². The second-order valence-corrected chi connectivity index (χ2v) is 4.90. The van der Waals surface area contributed by atoms with Crippen LogP contribution in [0.1, 0.15) is 11.1 Å². The van der Waals surface area contributed by atoms with Crippen molar-refractivity contribution in [3.8, 4) is 11.6 Å². The third-order valence-corrected chi connectivity index (χ3v) is 3.37. The maximum absolute atomic E-state index is 10.0. The lowest BCUT2D eigenvalue weighted by atomic mass is 10.1. The van der Waals surface area contributed by atoms with E-state index >= 15 is 0 Å². The summed E-state index contributed by atoms with van der Waals surface area (Å²) in [7, 11) is 1.62. The number of ether oxygens (including phenoxy) is 1. The highest BCUT2D eigenvalue weighted by atomic mass is 16.5. The van der Waals surface area contributed by atoms with Crippen LogP contribution in [0.4, 0.5) is 5.69 Å². The van der Waals surface area contributed by atoms with Gasteiger partial charge in [0.1, 0.15) is 5.75 Å². The number of aliphatic imine (C=N–C) groups is 1. The van der Waals surface area contributed by atoms with Crippen LogP contribution in [0.2, 0.25) is 0 Å². The summed E-state index contributed by atoms with van der Waals surface area (Å²) in [6, 6.07) is 13.5. The zero-order chi connectivity index (χ0) is 14.8. The highest BCUT2D eigenvalue weighted by molar-refractivity contribution is 6.03. The van der Waals surface area contributed by atoms with Gasteiger partial charge >= 0.3 is 0 Å². The molecule has 2 N–H and O–H groups in total. The van der Waals surface area contributed by atoms with Crippen LogP contribution < -0.4 is 4.74 Å². The van der Waals surface area contributed by atoms with Crippen LogP contribution in [0.5, 0.6) is 11.6 Å². The Balaban J connectivity index is 2.05. The number of aromatic nitrogens is 1. The predicted octanol–water partition coefficient (Wildman–Crippen LogP) is 3.94. The molecule has 0 fully saturated rings. The number of nitrogens with one attached hydrogen (secondary N) is 1. The lowest BCUT2D eigenvalue weighted by Crippen LogP contribution is -1.83. The van der Waals surface area contributed by atoms with Gasteiger partial charge in [-0.05, 0) is 42.8 Å². The Morgan fingerprint density at radius 1 is 1.19 bits per heavy atom. The standard InChI is InChI=1S/C17H16N2O2/c1-11-4-3-5-12(8-11)18-10-15-14-9-13(21-2)6-7-16(14)19-17(15)20/h3-10,19-20H,1-2H3. The topological polar surface area (TPSA) is 57.6 Å². The van der Waals surface area contributed by atoms with E-state index in [-0.39, 0.29) is 5.88 Å². The molecular formula is C17H16N2O2. The molecule has 106 valence electrons. The van der Waals surface area contributed by atoms with Crippen molar-refractivity contribution >= 4 is 22.8 Å². The third-order valence-electron chi connectivity index (χ3n) is 3.37. The van der Waals surface area contributed by atoms with Gasteiger partial charge in [0.2, 0.25) is 0 Å². The fourth-order valence-corrected chi connectivity index (χ4v) is 2.28. The van der Waals surface area contributed by atoms with Gasteiger partial charge in [-0.15, -0.1) is 0 Å². The van der Waals surface area contributed by atoms with Crippen molar-refractivity contribution in [1.82, 2.24) is 4.98 Å². The number of hydrogen-bond acceptors (Lipinski definition) is 3. The van der Waals surface area contributed by atoms with Gasteiger partial charge < -0.3 is 14.8 Å². The number of aromatic hydroxyl groups is 1. The maximum atomic E-state index is 10.0. The maximum Gasteiger partial charge on any atom is 0.198 e. The van der Waals surface area contributed by atoms with E-state index in [0.717, 1.165) is 27.9 Å². The van der Waals surface area contributed by atoms with Crippen LogP contribution in [0.3, 0.4) is 0 Å². The van der Waals surface area contributed by atoms with Gasteiger partial charge in [-0.3, -0.25) is 4.99 Å². The molecule has 0 spiro atoms. The summed E-state index contributed by atoms with van der Waals surface area (Å²) in [4.78, 5) is 7.36.